The summed E-state index contributed by atoms with van der Waals surface area (Å²) in [6, 6.07) is 24.5. The molecule has 5 rings (SSSR count). The number of carbonyl (C=O) groups is 2. The molecule has 0 atom stereocenters. The van der Waals surface area contributed by atoms with Crippen LogP contribution in [0.2, 0.25) is 0 Å². The number of hydrogen-bond acceptors (Lipinski definition) is 7. The topological polar surface area (TPSA) is 103 Å². The molecule has 5 aromatic rings. The van der Waals surface area contributed by atoms with Gasteiger partial charge in [0, 0.05) is 29.7 Å². The number of methoxy groups -OCH3 is 1. The Kier molecular flexibility index (Phi) is 8.46. The minimum Gasteiger partial charge on any atom is -0.494 e. The number of anilines is 1. The number of nitrogens with one attached hydrogen (secondary N) is 2. The standard InChI is InChI=1S/C32H30N2O6/c1-37-32(36)24-7-5-22(6-8-24)23-9-12-27(13-10-23)38-19-3-16-33-26-11-14-29-28(20-26)25(21-40-29)15-17-34-31(35)30-4-2-18-39-30/h2,4-14,18,20-21,33H,3,15-17,19H2,1H3,(H,34,35). The van der Waals surface area contributed by atoms with Crippen molar-refractivity contribution in [3.05, 3.63) is 108 Å². The lowest BCUT2D eigenvalue weighted by Crippen LogP contribution is -2.25. The minimum absolute atomic E-state index is 0.231. The molecule has 40 heavy (non-hydrogen) atoms. The van der Waals surface area contributed by atoms with Crippen LogP contribution in [0.15, 0.2) is 100 Å². The summed E-state index contributed by atoms with van der Waals surface area (Å²) < 4.78 is 21.5. The van der Waals surface area contributed by atoms with Crippen LogP contribution in [0.1, 0.15) is 32.9 Å². The van der Waals surface area contributed by atoms with Gasteiger partial charge in [0.25, 0.3) is 5.91 Å². The first-order valence-electron chi connectivity index (χ1n) is 13.1. The molecule has 0 unspecified atom stereocenters. The molecule has 8 heteroatoms. The van der Waals surface area contributed by atoms with Crippen LogP contribution in [-0.2, 0) is 11.2 Å². The summed E-state index contributed by atoms with van der Waals surface area (Å²) in [6.45, 7) is 1.81. The number of hydrogen-bond donors (Lipinski definition) is 2. The zero-order chi connectivity index (χ0) is 27.7. The number of benzene rings is 3. The van der Waals surface area contributed by atoms with Crippen molar-refractivity contribution >= 4 is 28.5 Å². The number of furan rings is 2. The highest BCUT2D eigenvalue weighted by molar-refractivity contribution is 5.91. The number of amides is 1. The third kappa shape index (κ3) is 6.53. The number of carbonyl (C=O) groups excluding carboxylic acids is 2. The smallest absolute Gasteiger partial charge is 0.337 e. The van der Waals surface area contributed by atoms with Gasteiger partial charge in [-0.25, -0.2) is 4.79 Å². The summed E-state index contributed by atoms with van der Waals surface area (Å²) in [5.74, 6) is 0.526. The van der Waals surface area contributed by atoms with Gasteiger partial charge in [0.15, 0.2) is 5.76 Å². The van der Waals surface area contributed by atoms with E-state index in [9.17, 15) is 9.59 Å². The second-order valence-electron chi connectivity index (χ2n) is 9.18. The van der Waals surface area contributed by atoms with Crippen molar-refractivity contribution < 1.29 is 27.9 Å². The van der Waals surface area contributed by atoms with E-state index in [2.05, 4.69) is 16.7 Å². The molecule has 204 valence electrons. The molecular formula is C32H30N2O6. The fourth-order valence-corrected chi connectivity index (χ4v) is 4.35. The SMILES string of the molecule is COC(=O)c1ccc(-c2ccc(OCCCNc3ccc4occ(CCNC(=O)c5ccco5)c4c3)cc2)cc1. The molecule has 0 aliphatic carbocycles. The average molecular weight is 539 g/mol. The van der Waals surface area contributed by atoms with E-state index >= 15 is 0 Å². The maximum absolute atomic E-state index is 12.1. The Hall–Kier alpha value is -4.98. The van der Waals surface area contributed by atoms with Crippen LogP contribution in [0.5, 0.6) is 5.75 Å². The maximum atomic E-state index is 12.1. The van der Waals surface area contributed by atoms with Gasteiger partial charge in [-0.05, 0) is 78.6 Å². The van der Waals surface area contributed by atoms with Crippen molar-refractivity contribution in [1.82, 2.24) is 5.32 Å². The van der Waals surface area contributed by atoms with E-state index in [4.69, 9.17) is 18.3 Å². The molecular weight excluding hydrogens is 508 g/mol. The van der Waals surface area contributed by atoms with Crippen LogP contribution >= 0.6 is 0 Å². The van der Waals surface area contributed by atoms with Gasteiger partial charge in [-0.3, -0.25) is 4.79 Å². The molecule has 8 nitrogen and oxygen atoms in total. The highest BCUT2D eigenvalue weighted by Gasteiger charge is 2.10. The van der Waals surface area contributed by atoms with Crippen LogP contribution in [0.4, 0.5) is 5.69 Å². The molecule has 0 saturated heterocycles. The van der Waals surface area contributed by atoms with Crippen LogP contribution in [0, 0.1) is 0 Å². The van der Waals surface area contributed by atoms with E-state index in [0.29, 0.717) is 30.9 Å². The highest BCUT2D eigenvalue weighted by atomic mass is 16.5. The molecule has 2 aromatic heterocycles. The van der Waals surface area contributed by atoms with Crippen LogP contribution in [0.25, 0.3) is 22.1 Å². The van der Waals surface area contributed by atoms with Gasteiger partial charge in [0.2, 0.25) is 0 Å². The molecule has 2 N–H and O–H groups in total. The minimum atomic E-state index is -0.347. The van der Waals surface area contributed by atoms with E-state index in [1.165, 1.54) is 13.4 Å². The largest absolute Gasteiger partial charge is 0.494 e. The van der Waals surface area contributed by atoms with Crippen LogP contribution < -0.4 is 15.4 Å². The normalized spacial score (nSPS) is 10.8. The summed E-state index contributed by atoms with van der Waals surface area (Å²) >= 11 is 0. The third-order valence-electron chi connectivity index (χ3n) is 6.49. The van der Waals surface area contributed by atoms with E-state index in [-0.39, 0.29) is 11.9 Å². The lowest BCUT2D eigenvalue weighted by atomic mass is 10.0. The first-order chi connectivity index (χ1) is 19.6. The van der Waals surface area contributed by atoms with Gasteiger partial charge >= 0.3 is 5.97 Å². The third-order valence-corrected chi connectivity index (χ3v) is 6.49. The summed E-state index contributed by atoms with van der Waals surface area (Å²) in [5.41, 5.74) is 5.42. The molecule has 0 bridgehead atoms. The molecule has 0 aliphatic heterocycles. The van der Waals surface area contributed by atoms with Gasteiger partial charge in [0.1, 0.15) is 11.3 Å². The van der Waals surface area contributed by atoms with E-state index < -0.39 is 0 Å². The lowest BCUT2D eigenvalue weighted by molar-refractivity contribution is 0.0600. The average Bonchev–Trinajstić information content (AvgIpc) is 3.68. The van der Waals surface area contributed by atoms with Crippen molar-refractivity contribution in [2.24, 2.45) is 0 Å². The van der Waals surface area contributed by atoms with Crippen molar-refractivity contribution in [3.63, 3.8) is 0 Å². The first-order valence-corrected chi connectivity index (χ1v) is 13.1. The molecule has 1 amide bonds. The fraction of sp³-hybridized carbons (Fsp3) is 0.188. The zero-order valence-electron chi connectivity index (χ0n) is 22.1. The van der Waals surface area contributed by atoms with E-state index in [1.54, 1.807) is 30.5 Å². The summed E-state index contributed by atoms with van der Waals surface area (Å²) in [7, 11) is 1.37. The zero-order valence-corrected chi connectivity index (χ0v) is 22.1. The molecule has 0 spiro atoms. The van der Waals surface area contributed by atoms with E-state index in [1.807, 2.05) is 48.5 Å². The Bertz CT molecular complexity index is 1550. The molecule has 3 aromatic carbocycles. The second-order valence-corrected chi connectivity index (χ2v) is 9.18. The number of fused-ring (bicyclic) bond motifs is 1. The Morgan fingerprint density at radius 3 is 2.38 bits per heavy atom. The van der Waals surface area contributed by atoms with Crippen molar-refractivity contribution in [1.29, 1.82) is 0 Å². The summed E-state index contributed by atoms with van der Waals surface area (Å²) in [5, 5.41) is 7.33. The van der Waals surface area contributed by atoms with Gasteiger partial charge in [-0.1, -0.05) is 24.3 Å². The fourth-order valence-electron chi connectivity index (χ4n) is 4.35. The van der Waals surface area contributed by atoms with Gasteiger partial charge in [-0.15, -0.1) is 0 Å². The number of ether oxygens (including phenoxy) is 2. The van der Waals surface area contributed by atoms with Gasteiger partial charge < -0.3 is 28.9 Å². The van der Waals surface area contributed by atoms with Gasteiger partial charge in [0.05, 0.1) is 31.8 Å². The van der Waals surface area contributed by atoms with Crippen molar-refractivity contribution in [2.45, 2.75) is 12.8 Å². The predicted octanol–water partition coefficient (Wildman–Crippen LogP) is 6.33. The predicted molar refractivity (Wildman–Crippen MR) is 153 cm³/mol. The molecule has 0 aliphatic rings. The maximum Gasteiger partial charge on any atom is 0.337 e. The molecule has 0 radical (unpaired) electrons. The number of rotatable bonds is 12. The second kappa shape index (κ2) is 12.7. The van der Waals surface area contributed by atoms with Crippen molar-refractivity contribution in [3.8, 4) is 16.9 Å². The summed E-state index contributed by atoms with van der Waals surface area (Å²) in [4.78, 5) is 23.7. The molecule has 2 heterocycles. The molecule has 0 fully saturated rings. The quantitative estimate of drug-likeness (QED) is 0.141. The Morgan fingerprint density at radius 1 is 0.875 bits per heavy atom. The first kappa shape index (κ1) is 26.6. The Morgan fingerprint density at radius 2 is 1.65 bits per heavy atom. The number of esters is 1. The Labute approximate surface area is 231 Å². The summed E-state index contributed by atoms with van der Waals surface area (Å²) in [6.07, 6.45) is 4.69. The Balaban J connectivity index is 1.06. The molecule has 0 saturated carbocycles. The lowest BCUT2D eigenvalue weighted by Gasteiger charge is -2.10. The van der Waals surface area contributed by atoms with Crippen molar-refractivity contribution in [2.75, 3.05) is 32.1 Å². The van der Waals surface area contributed by atoms with E-state index in [0.717, 1.165) is 52.1 Å². The van der Waals surface area contributed by atoms with Crippen LogP contribution in [-0.4, -0.2) is 38.7 Å². The van der Waals surface area contributed by atoms with Crippen LogP contribution in [0.3, 0.4) is 0 Å². The monoisotopic (exact) mass is 538 g/mol. The highest BCUT2D eigenvalue weighted by Crippen LogP contribution is 2.26. The van der Waals surface area contributed by atoms with Gasteiger partial charge in [-0.2, -0.15) is 0 Å².